The van der Waals surface area contributed by atoms with E-state index in [1.54, 1.807) is 0 Å². The van der Waals surface area contributed by atoms with Gasteiger partial charge in [-0.2, -0.15) is 0 Å². The lowest BCUT2D eigenvalue weighted by Gasteiger charge is -2.43. The van der Waals surface area contributed by atoms with Crippen molar-refractivity contribution in [1.82, 2.24) is 0 Å². The molecule has 1 heterocycles. The summed E-state index contributed by atoms with van der Waals surface area (Å²) >= 11 is 0. The molecule has 84 valence electrons. The minimum atomic E-state index is 0.457. The van der Waals surface area contributed by atoms with E-state index in [0.29, 0.717) is 11.5 Å². The second-order valence-electron chi connectivity index (χ2n) is 5.54. The lowest BCUT2D eigenvalue weighted by Crippen LogP contribution is -2.41. The van der Waals surface area contributed by atoms with E-state index in [2.05, 4.69) is 12.2 Å². The van der Waals surface area contributed by atoms with E-state index in [4.69, 9.17) is 4.74 Å². The van der Waals surface area contributed by atoms with Crippen LogP contribution in [0.1, 0.15) is 51.4 Å². The summed E-state index contributed by atoms with van der Waals surface area (Å²) in [4.78, 5) is 0. The quantitative estimate of drug-likeness (QED) is 0.594. The van der Waals surface area contributed by atoms with Gasteiger partial charge >= 0.3 is 0 Å². The Hall–Kier alpha value is -0.300. The summed E-state index contributed by atoms with van der Waals surface area (Å²) in [5.74, 6) is 0.936. The number of rotatable bonds is 1. The zero-order valence-corrected chi connectivity index (χ0v) is 9.58. The average molecular weight is 206 g/mol. The van der Waals surface area contributed by atoms with Crippen LogP contribution in [-0.4, -0.2) is 12.7 Å². The molecule has 1 saturated carbocycles. The third-order valence-corrected chi connectivity index (χ3v) is 4.81. The van der Waals surface area contributed by atoms with Crippen molar-refractivity contribution in [2.45, 2.75) is 57.5 Å². The Morgan fingerprint density at radius 3 is 2.93 bits per heavy atom. The summed E-state index contributed by atoms with van der Waals surface area (Å²) in [6, 6.07) is 0. The van der Waals surface area contributed by atoms with Gasteiger partial charge in [0.05, 0.1) is 6.10 Å². The molecule has 0 bridgehead atoms. The predicted octanol–water partition coefficient (Wildman–Crippen LogP) is 3.69. The Balaban J connectivity index is 1.85. The molecule has 0 aromatic heterocycles. The highest BCUT2D eigenvalue weighted by Gasteiger charge is 2.48. The molecule has 1 saturated heterocycles. The third-order valence-electron chi connectivity index (χ3n) is 4.81. The second kappa shape index (κ2) is 3.93. The van der Waals surface area contributed by atoms with Crippen molar-refractivity contribution in [3.8, 4) is 0 Å². The molecule has 0 radical (unpaired) electrons. The lowest BCUT2D eigenvalue weighted by atomic mass is 9.67. The Morgan fingerprint density at radius 2 is 2.07 bits per heavy atom. The summed E-state index contributed by atoms with van der Waals surface area (Å²) in [7, 11) is 0. The molecular formula is C14H22O. The fraction of sp³-hybridized carbons (Fsp3) is 0.857. The molecule has 1 aliphatic heterocycles. The number of hydrogen-bond donors (Lipinski definition) is 0. The molecule has 1 nitrogen and oxygen atoms in total. The predicted molar refractivity (Wildman–Crippen MR) is 61.7 cm³/mol. The van der Waals surface area contributed by atoms with Crippen LogP contribution < -0.4 is 0 Å². The molecule has 0 aromatic rings. The molecule has 0 N–H and O–H groups in total. The zero-order valence-electron chi connectivity index (χ0n) is 9.58. The summed E-state index contributed by atoms with van der Waals surface area (Å²) in [5, 5.41) is 0. The SMILES string of the molecule is C1=CC2(C3CCCCO3)CCCC2CC1. The van der Waals surface area contributed by atoms with Crippen molar-refractivity contribution in [1.29, 1.82) is 0 Å². The Kier molecular flexibility index (Phi) is 2.59. The monoisotopic (exact) mass is 206 g/mol. The van der Waals surface area contributed by atoms with Crippen LogP contribution in [0.25, 0.3) is 0 Å². The van der Waals surface area contributed by atoms with Crippen LogP contribution in [0.2, 0.25) is 0 Å². The van der Waals surface area contributed by atoms with Crippen LogP contribution in [0.4, 0.5) is 0 Å². The Labute approximate surface area is 92.9 Å². The highest BCUT2D eigenvalue weighted by Crippen LogP contribution is 2.53. The molecule has 0 amide bonds. The van der Waals surface area contributed by atoms with Crippen LogP contribution in [-0.2, 0) is 4.74 Å². The van der Waals surface area contributed by atoms with Gasteiger partial charge in [0.15, 0.2) is 0 Å². The summed E-state index contributed by atoms with van der Waals surface area (Å²) in [5.41, 5.74) is 0.457. The molecular weight excluding hydrogens is 184 g/mol. The maximum atomic E-state index is 6.07. The number of fused-ring (bicyclic) bond motifs is 1. The Bertz CT molecular complexity index is 252. The third kappa shape index (κ3) is 1.56. The summed E-state index contributed by atoms with van der Waals surface area (Å²) in [6.07, 6.45) is 16.4. The molecule has 3 aliphatic rings. The van der Waals surface area contributed by atoms with E-state index < -0.39 is 0 Å². The molecule has 3 rings (SSSR count). The normalized spacial score (nSPS) is 45.3. The van der Waals surface area contributed by atoms with Crippen LogP contribution in [0, 0.1) is 11.3 Å². The van der Waals surface area contributed by atoms with Crippen molar-refractivity contribution in [2.75, 3.05) is 6.61 Å². The fourth-order valence-corrected chi connectivity index (χ4v) is 4.06. The van der Waals surface area contributed by atoms with Crippen molar-refractivity contribution >= 4 is 0 Å². The van der Waals surface area contributed by atoms with Gasteiger partial charge in [-0.15, -0.1) is 0 Å². The zero-order chi connectivity index (χ0) is 10.1. The number of allylic oxidation sites excluding steroid dienone is 1. The van der Waals surface area contributed by atoms with E-state index in [1.807, 2.05) is 0 Å². The highest BCUT2D eigenvalue weighted by atomic mass is 16.5. The first-order valence-corrected chi connectivity index (χ1v) is 6.71. The molecule has 2 aliphatic carbocycles. The van der Waals surface area contributed by atoms with Crippen molar-refractivity contribution < 1.29 is 4.74 Å². The number of hydrogen-bond acceptors (Lipinski definition) is 1. The van der Waals surface area contributed by atoms with Gasteiger partial charge in [0.1, 0.15) is 0 Å². The minimum Gasteiger partial charge on any atom is -0.377 e. The molecule has 3 unspecified atom stereocenters. The standard InChI is InChI=1S/C14H22O/c1-3-9-14(10-5-7-12(14)6-1)13-8-2-4-11-15-13/h3,9,12-13H,1-2,4-8,10-11H2. The minimum absolute atomic E-state index is 0.457. The first-order chi connectivity index (χ1) is 7.42. The second-order valence-corrected chi connectivity index (χ2v) is 5.54. The number of ether oxygens (including phenoxy) is 1. The van der Waals surface area contributed by atoms with Crippen LogP contribution in [0.5, 0.6) is 0 Å². The average Bonchev–Trinajstić information content (AvgIpc) is 2.75. The topological polar surface area (TPSA) is 9.23 Å². The van der Waals surface area contributed by atoms with Gasteiger partial charge in [-0.25, -0.2) is 0 Å². The van der Waals surface area contributed by atoms with Gasteiger partial charge in [0, 0.05) is 12.0 Å². The van der Waals surface area contributed by atoms with Crippen LogP contribution >= 0.6 is 0 Å². The van der Waals surface area contributed by atoms with Crippen molar-refractivity contribution in [3.05, 3.63) is 12.2 Å². The molecule has 1 heteroatoms. The molecule has 2 fully saturated rings. The molecule has 15 heavy (non-hydrogen) atoms. The van der Waals surface area contributed by atoms with E-state index >= 15 is 0 Å². The van der Waals surface area contributed by atoms with Gasteiger partial charge in [-0.05, 0) is 50.9 Å². The van der Waals surface area contributed by atoms with Crippen molar-refractivity contribution in [3.63, 3.8) is 0 Å². The molecule has 3 atom stereocenters. The van der Waals surface area contributed by atoms with Gasteiger partial charge < -0.3 is 4.74 Å². The van der Waals surface area contributed by atoms with E-state index in [1.165, 1.54) is 51.4 Å². The van der Waals surface area contributed by atoms with E-state index in [0.717, 1.165) is 12.5 Å². The highest BCUT2D eigenvalue weighted by molar-refractivity contribution is 5.13. The van der Waals surface area contributed by atoms with Gasteiger partial charge in [0.25, 0.3) is 0 Å². The lowest BCUT2D eigenvalue weighted by molar-refractivity contribution is -0.0665. The van der Waals surface area contributed by atoms with E-state index in [-0.39, 0.29) is 0 Å². The van der Waals surface area contributed by atoms with Gasteiger partial charge in [-0.1, -0.05) is 18.6 Å². The van der Waals surface area contributed by atoms with Gasteiger partial charge in [0.2, 0.25) is 0 Å². The summed E-state index contributed by atoms with van der Waals surface area (Å²) < 4.78 is 6.07. The first kappa shape index (κ1) is 9.89. The maximum absolute atomic E-state index is 6.07. The largest absolute Gasteiger partial charge is 0.377 e. The van der Waals surface area contributed by atoms with Crippen LogP contribution in [0.15, 0.2) is 12.2 Å². The van der Waals surface area contributed by atoms with Crippen molar-refractivity contribution in [2.24, 2.45) is 11.3 Å². The first-order valence-electron chi connectivity index (χ1n) is 6.71. The van der Waals surface area contributed by atoms with Gasteiger partial charge in [-0.3, -0.25) is 0 Å². The Morgan fingerprint density at radius 1 is 1.07 bits per heavy atom. The maximum Gasteiger partial charge on any atom is 0.0668 e. The fourth-order valence-electron chi connectivity index (χ4n) is 4.06. The van der Waals surface area contributed by atoms with E-state index in [9.17, 15) is 0 Å². The molecule has 0 spiro atoms. The smallest absolute Gasteiger partial charge is 0.0668 e. The summed E-state index contributed by atoms with van der Waals surface area (Å²) in [6.45, 7) is 1.01. The van der Waals surface area contributed by atoms with Crippen LogP contribution in [0.3, 0.4) is 0 Å². The molecule has 0 aromatic carbocycles.